The summed E-state index contributed by atoms with van der Waals surface area (Å²) in [5.41, 5.74) is -0.117. The Kier molecular flexibility index (Phi) is 24.3. The molecule has 0 spiro atoms. The fourth-order valence-electron chi connectivity index (χ4n) is 11.7. The third-order valence-electron chi connectivity index (χ3n) is 16.5. The number of rotatable bonds is 14. The van der Waals surface area contributed by atoms with Gasteiger partial charge in [0.05, 0.1) is 55.4 Å². The van der Waals surface area contributed by atoms with Crippen molar-refractivity contribution in [2.45, 2.75) is 250 Å². The van der Waals surface area contributed by atoms with Gasteiger partial charge in [-0.1, -0.05) is 61.8 Å². The first-order valence-electron chi connectivity index (χ1n) is 28.1. The summed E-state index contributed by atoms with van der Waals surface area (Å²) in [4.78, 5) is 14.4. The van der Waals surface area contributed by atoms with Gasteiger partial charge in [-0.2, -0.15) is 0 Å². The summed E-state index contributed by atoms with van der Waals surface area (Å²) in [5.74, 6) is -5.03. The number of hydrogen-bond acceptors (Lipinski definition) is 21. The molecule has 0 unspecified atom stereocenters. The number of esters is 1. The summed E-state index contributed by atoms with van der Waals surface area (Å²) < 4.78 is 67.4. The fraction of sp³-hybridized carbons (Fsp3) is 0.780. The first kappa shape index (κ1) is 67.8. The number of carbonyl (C=O) groups is 1. The molecule has 0 aromatic rings. The van der Waals surface area contributed by atoms with Gasteiger partial charge in [0, 0.05) is 51.1 Å². The van der Waals surface area contributed by atoms with Crippen LogP contribution in [0.4, 0.5) is 0 Å². The second-order valence-electron chi connectivity index (χ2n) is 23.6. The number of methoxy groups -OCH3 is 3. The lowest BCUT2D eigenvalue weighted by Gasteiger charge is -2.57. The number of allylic oxidation sites excluding steroid dienone is 7. The predicted molar refractivity (Wildman–Crippen MR) is 292 cm³/mol. The lowest BCUT2D eigenvalue weighted by Crippen LogP contribution is -2.74. The molecule has 0 bridgehead atoms. The quantitative estimate of drug-likeness (QED) is 0.0882. The first-order valence-corrected chi connectivity index (χ1v) is 28.1. The molecule has 458 valence electrons. The molecule has 21 heteroatoms. The second-order valence-corrected chi connectivity index (χ2v) is 23.6. The maximum absolute atomic E-state index is 14.4. The predicted octanol–water partition coefficient (Wildman–Crippen LogP) is 3.84. The average molecular weight is 1140 g/mol. The minimum absolute atomic E-state index is 0.0177. The number of cyclic esters (lactones) is 1. The van der Waals surface area contributed by atoms with Crippen LogP contribution in [0, 0.1) is 17.8 Å². The van der Waals surface area contributed by atoms with E-state index in [2.05, 4.69) is 0 Å². The van der Waals surface area contributed by atoms with Crippen LogP contribution >= 0.6 is 0 Å². The van der Waals surface area contributed by atoms with Gasteiger partial charge in [0.25, 0.3) is 0 Å². The highest BCUT2D eigenvalue weighted by Gasteiger charge is 2.64. The topological polar surface area (TPSA) is 301 Å². The van der Waals surface area contributed by atoms with E-state index in [0.717, 1.165) is 11.1 Å². The molecule has 5 rings (SSSR count). The molecule has 0 saturated carbocycles. The molecule has 0 amide bonds. The Morgan fingerprint density at radius 1 is 0.725 bits per heavy atom. The highest BCUT2D eigenvalue weighted by atomic mass is 16.7. The monoisotopic (exact) mass is 1140 g/mol. The first-order chi connectivity index (χ1) is 37.3. The van der Waals surface area contributed by atoms with E-state index in [9.17, 15) is 50.8 Å². The van der Waals surface area contributed by atoms with E-state index in [-0.39, 0.29) is 49.5 Å². The van der Waals surface area contributed by atoms with E-state index in [1.54, 1.807) is 60.6 Å². The summed E-state index contributed by atoms with van der Waals surface area (Å²) in [6.45, 7) is 22.5. The van der Waals surface area contributed by atoms with Gasteiger partial charge in [-0.25, -0.2) is 4.79 Å². The smallest absolute Gasteiger partial charge is 0.334 e. The van der Waals surface area contributed by atoms with Crippen LogP contribution in [-0.4, -0.2) is 207 Å². The van der Waals surface area contributed by atoms with E-state index in [0.29, 0.717) is 17.6 Å². The van der Waals surface area contributed by atoms with Crippen LogP contribution < -0.4 is 0 Å². The average Bonchev–Trinajstić information content (AvgIpc) is 3.37. The lowest BCUT2D eigenvalue weighted by molar-refractivity contribution is -0.416. The van der Waals surface area contributed by atoms with Crippen LogP contribution in [0.5, 0.6) is 0 Å². The van der Waals surface area contributed by atoms with Crippen molar-refractivity contribution in [2.24, 2.45) is 17.8 Å². The zero-order chi connectivity index (χ0) is 59.9. The summed E-state index contributed by atoms with van der Waals surface area (Å²) in [6, 6.07) is 0. The molecule has 0 aromatic heterocycles. The Hall–Kier alpha value is -3.01. The third kappa shape index (κ3) is 16.2. The van der Waals surface area contributed by atoms with Crippen LogP contribution in [-0.2, 0) is 56.9 Å². The van der Waals surface area contributed by atoms with Crippen LogP contribution in [0.25, 0.3) is 0 Å². The van der Waals surface area contributed by atoms with E-state index in [1.807, 2.05) is 52.8 Å². The number of carbonyl (C=O) groups excluding carboxylic acids is 1. The van der Waals surface area contributed by atoms with Gasteiger partial charge in [0.15, 0.2) is 18.9 Å². The summed E-state index contributed by atoms with van der Waals surface area (Å²) in [6.07, 6.45) is -9.67. The minimum Gasteiger partial charge on any atom is -0.497 e. The van der Waals surface area contributed by atoms with Crippen molar-refractivity contribution in [1.29, 1.82) is 0 Å². The molecule has 4 saturated heterocycles. The highest BCUT2D eigenvalue weighted by Crippen LogP contribution is 2.47. The van der Waals surface area contributed by atoms with Crippen LogP contribution in [0.15, 0.2) is 70.1 Å². The SMILES string of the molecule is COCCC[C@H]1O[C@@](O)([C@@H](C)[C@@H]2C[C@H](C)[C@H](O)\C=C(C)/C=C(C)\C=C(\C)[C@@H](O[C@H]3O[C@@H](C)[C@@H](O)[C@H](O)[C@@H]3O)[C@H](C)\C=C(C)/C=C(OC)\C=C(\C)C(=O)O2)[C@@H](OC)[C@H](O)[C@@]1(C)O[C@H]1C[C@H](O)[C@@H](O[C@H]2C[C@](C)(O)[C@@H](O)[C@@H](C)O2)[C@H](C)O1. The molecular weight excluding hydrogens is 1040 g/mol. The summed E-state index contributed by atoms with van der Waals surface area (Å²) in [5, 5.41) is 102. The molecule has 80 heavy (non-hydrogen) atoms. The maximum Gasteiger partial charge on any atom is 0.334 e. The standard InChI is InChI=1S/C59H96O21/c1-29-20-30(2)24-41(60)32(4)26-43(76-55(67)35(7)25-40(71-15)23-31(3)22-34(6)50(33(5)21-29)78-56-49(64)48(63)47(62)37(9)75-56)36(8)59(69)54(72-16)53(66)58(13,44(79-59)18-17-19-70-14)80-45-27-42(61)51(38(10)73-45)77-46-28-57(12,68)52(65)39(11)74-46/h20-25,32,34,36-39,41-54,56,60-66,68-69H,17-19,26-28H2,1-16H3/b29-20-,30-24-,31-22-,33-21-,35-25-,40-23+/t32-,34+,36-,37-,38-,39+,41+,42-,43-,44+,45-,46-,47+,48-,49-,50+,51-,52-,53-,54-,56+,57-,58-,59-/m0/s1. The van der Waals surface area contributed by atoms with Crippen molar-refractivity contribution in [3.8, 4) is 0 Å². The van der Waals surface area contributed by atoms with Crippen molar-refractivity contribution < 1.29 is 103 Å². The van der Waals surface area contributed by atoms with E-state index in [1.165, 1.54) is 34.3 Å². The van der Waals surface area contributed by atoms with Crippen molar-refractivity contribution in [1.82, 2.24) is 0 Å². The van der Waals surface area contributed by atoms with Crippen LogP contribution in [0.3, 0.4) is 0 Å². The van der Waals surface area contributed by atoms with Crippen molar-refractivity contribution >= 4 is 5.97 Å². The van der Waals surface area contributed by atoms with E-state index in [4.69, 9.17) is 52.1 Å². The van der Waals surface area contributed by atoms with E-state index < -0.39 is 145 Å². The van der Waals surface area contributed by atoms with Crippen molar-refractivity contribution in [3.05, 3.63) is 70.1 Å². The van der Waals surface area contributed by atoms with Gasteiger partial charge >= 0.3 is 5.97 Å². The summed E-state index contributed by atoms with van der Waals surface area (Å²) >= 11 is 0. The molecule has 0 aliphatic carbocycles. The fourth-order valence-corrected chi connectivity index (χ4v) is 11.7. The van der Waals surface area contributed by atoms with Gasteiger partial charge in [-0.15, -0.1) is 0 Å². The van der Waals surface area contributed by atoms with Crippen molar-refractivity contribution in [2.75, 3.05) is 27.9 Å². The van der Waals surface area contributed by atoms with Gasteiger partial charge in [-0.05, 0) is 112 Å². The molecule has 4 fully saturated rings. The molecule has 5 aliphatic heterocycles. The third-order valence-corrected chi connectivity index (χ3v) is 16.5. The molecule has 21 nitrogen and oxygen atoms in total. The minimum atomic E-state index is -2.38. The largest absolute Gasteiger partial charge is 0.497 e. The van der Waals surface area contributed by atoms with Crippen molar-refractivity contribution in [3.63, 3.8) is 0 Å². The highest BCUT2D eigenvalue weighted by molar-refractivity contribution is 5.88. The van der Waals surface area contributed by atoms with E-state index >= 15 is 0 Å². The number of aliphatic hydroxyl groups excluding tert-OH is 7. The molecule has 0 aromatic carbocycles. The normalized spacial score (nSPS) is 47.7. The molecule has 9 N–H and O–H groups in total. The molecule has 5 aliphatic rings. The number of ether oxygens (including phenoxy) is 11. The summed E-state index contributed by atoms with van der Waals surface area (Å²) in [7, 11) is 4.29. The molecular formula is C59H96O21. The van der Waals surface area contributed by atoms with Gasteiger partial charge in [-0.3, -0.25) is 0 Å². The van der Waals surface area contributed by atoms with Gasteiger partial charge in [0.1, 0.15) is 60.2 Å². The Bertz CT molecular complexity index is 2210. The Balaban J connectivity index is 1.47. The maximum atomic E-state index is 14.4. The number of hydrogen-bond donors (Lipinski definition) is 9. The second kappa shape index (κ2) is 28.7. The zero-order valence-electron chi connectivity index (χ0n) is 49.8. The molecule has 0 radical (unpaired) electrons. The zero-order valence-corrected chi connectivity index (χ0v) is 49.8. The molecule has 24 atom stereocenters. The van der Waals surface area contributed by atoms with Gasteiger partial charge < -0.3 is 98.1 Å². The Morgan fingerprint density at radius 2 is 1.38 bits per heavy atom. The Morgan fingerprint density at radius 3 is 1.99 bits per heavy atom. The molecule has 5 heterocycles. The van der Waals surface area contributed by atoms with Crippen LogP contribution in [0.1, 0.15) is 122 Å². The Labute approximate surface area is 472 Å². The number of aliphatic hydroxyl groups is 9. The van der Waals surface area contributed by atoms with Gasteiger partial charge in [0.2, 0.25) is 5.79 Å². The lowest BCUT2D eigenvalue weighted by atomic mass is 9.74. The van der Waals surface area contributed by atoms with Crippen LogP contribution in [0.2, 0.25) is 0 Å².